The van der Waals surface area contributed by atoms with Gasteiger partial charge in [0, 0.05) is 5.57 Å². The zero-order valence-electron chi connectivity index (χ0n) is 11.0. The number of allylic oxidation sites excluding steroid dienone is 2. The summed E-state index contributed by atoms with van der Waals surface area (Å²) < 4.78 is 0. The number of phenolic OH excluding ortho intramolecular Hbond substituents is 2. The van der Waals surface area contributed by atoms with E-state index in [2.05, 4.69) is 0 Å². The largest absolute Gasteiger partial charge is 0.507 e. The van der Waals surface area contributed by atoms with E-state index in [1.54, 1.807) is 13.8 Å². The summed E-state index contributed by atoms with van der Waals surface area (Å²) in [5, 5.41) is 29.3. The number of hydrogen-bond donors (Lipinski definition) is 3. The molecule has 1 aliphatic carbocycles. The van der Waals surface area contributed by atoms with Crippen molar-refractivity contribution in [3.8, 4) is 11.5 Å². The number of aliphatic hydroxyl groups excluding tert-OH is 1. The van der Waals surface area contributed by atoms with Crippen LogP contribution in [0.15, 0.2) is 35.4 Å². The van der Waals surface area contributed by atoms with Gasteiger partial charge in [0.1, 0.15) is 17.6 Å². The van der Waals surface area contributed by atoms with Crippen LogP contribution >= 0.6 is 0 Å². The molecular weight excluding hydrogens is 260 g/mol. The van der Waals surface area contributed by atoms with Crippen molar-refractivity contribution < 1.29 is 24.9 Å². The van der Waals surface area contributed by atoms with Crippen molar-refractivity contribution in [1.29, 1.82) is 0 Å². The van der Waals surface area contributed by atoms with E-state index in [0.29, 0.717) is 0 Å². The summed E-state index contributed by atoms with van der Waals surface area (Å²) in [6, 6.07) is 2.28. The van der Waals surface area contributed by atoms with Gasteiger partial charge in [-0.1, -0.05) is 11.6 Å². The standard InChI is InChI=1S/C15H14O5/c1-7(2)5-11(18)8-6-12(19)13-9(16)3-4-10(17)14(13)15(8)20/h3-6,11,16-18H,1-2H3. The summed E-state index contributed by atoms with van der Waals surface area (Å²) in [4.78, 5) is 24.3. The van der Waals surface area contributed by atoms with Gasteiger partial charge in [0.15, 0.2) is 11.6 Å². The number of aliphatic hydroxyl groups is 1. The van der Waals surface area contributed by atoms with Gasteiger partial charge in [0.25, 0.3) is 0 Å². The number of carbonyl (C=O) groups is 2. The molecule has 0 radical (unpaired) electrons. The molecule has 1 atom stereocenters. The van der Waals surface area contributed by atoms with Crippen LogP contribution in [0.3, 0.4) is 0 Å². The third kappa shape index (κ3) is 2.23. The number of Topliss-reactive ketones (excluding diaryl/α,β-unsaturated/α-hetero) is 1. The zero-order chi connectivity index (χ0) is 15.0. The van der Waals surface area contributed by atoms with Crippen molar-refractivity contribution in [2.75, 3.05) is 0 Å². The Balaban J connectivity index is 2.59. The smallest absolute Gasteiger partial charge is 0.196 e. The van der Waals surface area contributed by atoms with Crippen LogP contribution < -0.4 is 0 Å². The molecular formula is C15H14O5. The molecule has 104 valence electrons. The fraction of sp³-hybridized carbons (Fsp3) is 0.200. The minimum atomic E-state index is -1.23. The van der Waals surface area contributed by atoms with E-state index in [-0.39, 0.29) is 22.4 Å². The van der Waals surface area contributed by atoms with Crippen molar-refractivity contribution in [2.45, 2.75) is 20.0 Å². The number of hydrogen-bond acceptors (Lipinski definition) is 5. The minimum Gasteiger partial charge on any atom is -0.507 e. The number of fused-ring (bicyclic) bond motifs is 1. The zero-order valence-corrected chi connectivity index (χ0v) is 11.0. The van der Waals surface area contributed by atoms with Crippen molar-refractivity contribution >= 4 is 11.6 Å². The molecule has 0 spiro atoms. The van der Waals surface area contributed by atoms with Crippen LogP contribution in [-0.4, -0.2) is 33.0 Å². The lowest BCUT2D eigenvalue weighted by Crippen LogP contribution is -2.24. The first-order valence-electron chi connectivity index (χ1n) is 6.01. The van der Waals surface area contributed by atoms with Gasteiger partial charge in [-0.2, -0.15) is 0 Å². The molecule has 1 unspecified atom stereocenters. The fourth-order valence-corrected chi connectivity index (χ4v) is 2.11. The third-order valence-corrected chi connectivity index (χ3v) is 2.99. The highest BCUT2D eigenvalue weighted by Crippen LogP contribution is 2.35. The summed E-state index contributed by atoms with van der Waals surface area (Å²) in [6.45, 7) is 3.49. The average Bonchev–Trinajstić information content (AvgIpc) is 2.35. The summed E-state index contributed by atoms with van der Waals surface area (Å²) in [5.41, 5.74) is 0.158. The lowest BCUT2D eigenvalue weighted by Gasteiger charge is -2.19. The van der Waals surface area contributed by atoms with Gasteiger partial charge < -0.3 is 15.3 Å². The van der Waals surface area contributed by atoms with Gasteiger partial charge in [-0.15, -0.1) is 0 Å². The summed E-state index contributed by atoms with van der Waals surface area (Å²) in [6.07, 6.45) is 1.20. The van der Waals surface area contributed by atoms with E-state index >= 15 is 0 Å². The average molecular weight is 274 g/mol. The Labute approximate surface area is 115 Å². The third-order valence-electron chi connectivity index (χ3n) is 2.99. The normalized spacial score (nSPS) is 15.4. The molecule has 0 saturated heterocycles. The fourth-order valence-electron chi connectivity index (χ4n) is 2.11. The van der Waals surface area contributed by atoms with E-state index in [0.717, 1.165) is 23.8 Å². The molecule has 1 aromatic rings. The van der Waals surface area contributed by atoms with Crippen LogP contribution in [0.2, 0.25) is 0 Å². The van der Waals surface area contributed by atoms with Crippen LogP contribution in [0.1, 0.15) is 34.6 Å². The molecule has 1 aliphatic rings. The van der Waals surface area contributed by atoms with Crippen LogP contribution in [-0.2, 0) is 0 Å². The summed E-state index contributed by atoms with van der Waals surface area (Å²) in [5.74, 6) is -2.06. The highest BCUT2D eigenvalue weighted by molar-refractivity contribution is 6.27. The van der Waals surface area contributed by atoms with Gasteiger partial charge in [-0.25, -0.2) is 0 Å². The Kier molecular flexibility index (Phi) is 3.46. The Bertz CT molecular complexity index is 663. The van der Waals surface area contributed by atoms with Crippen molar-refractivity contribution in [3.05, 3.63) is 46.6 Å². The lowest BCUT2D eigenvalue weighted by molar-refractivity contribution is 0.0955. The van der Waals surface area contributed by atoms with E-state index in [4.69, 9.17) is 0 Å². The molecule has 0 aromatic heterocycles. The SMILES string of the molecule is CC(C)=CC(O)C1=CC(=O)c2c(O)ccc(O)c2C1=O. The van der Waals surface area contributed by atoms with Gasteiger partial charge >= 0.3 is 0 Å². The van der Waals surface area contributed by atoms with Crippen molar-refractivity contribution in [2.24, 2.45) is 0 Å². The highest BCUT2D eigenvalue weighted by Gasteiger charge is 2.33. The quantitative estimate of drug-likeness (QED) is 0.564. The summed E-state index contributed by atoms with van der Waals surface area (Å²) >= 11 is 0. The number of rotatable bonds is 2. The first-order valence-corrected chi connectivity index (χ1v) is 6.01. The predicted molar refractivity (Wildman–Crippen MR) is 72.0 cm³/mol. The van der Waals surface area contributed by atoms with Crippen LogP contribution in [0.4, 0.5) is 0 Å². The van der Waals surface area contributed by atoms with Crippen LogP contribution in [0.25, 0.3) is 0 Å². The Morgan fingerprint density at radius 1 is 1.10 bits per heavy atom. The number of ketones is 2. The second-order valence-electron chi connectivity index (χ2n) is 4.84. The number of benzene rings is 1. The van der Waals surface area contributed by atoms with E-state index in [9.17, 15) is 24.9 Å². The minimum absolute atomic E-state index is 0.121. The molecule has 20 heavy (non-hydrogen) atoms. The second-order valence-corrected chi connectivity index (χ2v) is 4.84. The first kappa shape index (κ1) is 14.0. The number of phenols is 2. The maximum Gasteiger partial charge on any atom is 0.196 e. The number of carbonyl (C=O) groups excluding carboxylic acids is 2. The van der Waals surface area contributed by atoms with Crippen LogP contribution in [0, 0.1) is 0 Å². The first-order chi connectivity index (χ1) is 9.32. The Morgan fingerprint density at radius 2 is 1.65 bits per heavy atom. The molecule has 0 bridgehead atoms. The lowest BCUT2D eigenvalue weighted by atomic mass is 9.85. The van der Waals surface area contributed by atoms with E-state index in [1.165, 1.54) is 6.08 Å². The Hall–Kier alpha value is -2.40. The van der Waals surface area contributed by atoms with Gasteiger partial charge in [-0.3, -0.25) is 9.59 Å². The molecule has 5 heteroatoms. The monoisotopic (exact) mass is 274 g/mol. The predicted octanol–water partition coefficient (Wildman–Crippen LogP) is 1.73. The second kappa shape index (κ2) is 4.94. The topological polar surface area (TPSA) is 94.8 Å². The van der Waals surface area contributed by atoms with Gasteiger partial charge in [0.2, 0.25) is 0 Å². The van der Waals surface area contributed by atoms with Crippen LogP contribution in [0.5, 0.6) is 11.5 Å². The van der Waals surface area contributed by atoms with Gasteiger partial charge in [0.05, 0.1) is 11.1 Å². The van der Waals surface area contributed by atoms with E-state index in [1.807, 2.05) is 0 Å². The molecule has 0 aliphatic heterocycles. The molecule has 1 aromatic carbocycles. The molecule has 2 rings (SSSR count). The molecule has 0 heterocycles. The highest BCUT2D eigenvalue weighted by atomic mass is 16.3. The molecule has 3 N–H and O–H groups in total. The number of aromatic hydroxyl groups is 2. The molecule has 0 amide bonds. The van der Waals surface area contributed by atoms with E-state index < -0.39 is 23.4 Å². The maximum absolute atomic E-state index is 12.3. The molecule has 5 nitrogen and oxygen atoms in total. The van der Waals surface area contributed by atoms with Crippen molar-refractivity contribution in [3.63, 3.8) is 0 Å². The van der Waals surface area contributed by atoms with Gasteiger partial charge in [-0.05, 0) is 32.1 Å². The molecule has 0 saturated carbocycles. The maximum atomic E-state index is 12.3. The Morgan fingerprint density at radius 3 is 2.20 bits per heavy atom. The van der Waals surface area contributed by atoms with Crippen molar-refractivity contribution in [1.82, 2.24) is 0 Å². The molecule has 0 fully saturated rings. The summed E-state index contributed by atoms with van der Waals surface area (Å²) in [7, 11) is 0.